The van der Waals surface area contributed by atoms with E-state index in [1.54, 1.807) is 20.4 Å². The molecule has 1 amide bonds. The Balaban J connectivity index is 2.89. The molecule has 1 fully saturated rings. The van der Waals surface area contributed by atoms with Crippen LogP contribution < -0.4 is 0 Å². The smallest absolute Gasteiger partial charge is 0.333 e. The average Bonchev–Trinajstić information content (AvgIpc) is 2.43. The number of nitriles is 1. The van der Waals surface area contributed by atoms with Gasteiger partial charge in [-0.3, -0.25) is 9.69 Å². The Kier molecular flexibility index (Phi) is 6.00. The monoisotopic (exact) mass is 316 g/mol. The van der Waals surface area contributed by atoms with Crippen molar-refractivity contribution in [2.24, 2.45) is 0 Å². The van der Waals surface area contributed by atoms with Crippen molar-refractivity contribution in [1.29, 1.82) is 5.26 Å². The van der Waals surface area contributed by atoms with Gasteiger partial charge in [0.15, 0.2) is 0 Å². The van der Waals surface area contributed by atoms with E-state index in [-0.39, 0.29) is 5.57 Å². The summed E-state index contributed by atoms with van der Waals surface area (Å²) < 4.78 is 37.5. The van der Waals surface area contributed by atoms with Crippen molar-refractivity contribution in [3.63, 3.8) is 0 Å². The van der Waals surface area contributed by atoms with Gasteiger partial charge in [0.2, 0.25) is 0 Å². The Morgan fingerprint density at radius 3 is 2.50 bits per heavy atom. The fraction of sp³-hybridized carbons (Fsp3) is 0.667. The molecule has 7 heteroatoms. The van der Waals surface area contributed by atoms with Crippen molar-refractivity contribution < 1.29 is 18.0 Å². The maximum absolute atomic E-state index is 12.5. The summed E-state index contributed by atoms with van der Waals surface area (Å²) in [7, 11) is 1.32. The normalized spacial score (nSPS) is 17.5. The van der Waals surface area contributed by atoms with Crippen molar-refractivity contribution >= 4 is 5.91 Å². The van der Waals surface area contributed by atoms with Crippen LogP contribution in [0.3, 0.4) is 0 Å². The molecular weight excluding hydrogens is 295 g/mol. The maximum atomic E-state index is 12.5. The predicted molar refractivity (Wildman–Crippen MR) is 76.3 cm³/mol. The Hall–Kier alpha value is -1.55. The van der Waals surface area contributed by atoms with E-state index < -0.39 is 24.2 Å². The number of rotatable bonds is 4. The molecule has 0 saturated carbocycles. The molecule has 1 aliphatic heterocycles. The zero-order chi connectivity index (χ0) is 17.0. The van der Waals surface area contributed by atoms with Crippen LogP contribution in [0.1, 0.15) is 33.1 Å². The molecule has 0 spiro atoms. The standard InChI is InChI=1S/C15H21F3N3O/c1-14(2,20(3)11-15(16,17)18)9-12(10-19)13(22)21-7-5-4-6-8-21/h7,9H,4-6,8,11H2,1-3H3. The van der Waals surface area contributed by atoms with E-state index >= 15 is 0 Å². The number of alkyl halides is 3. The minimum absolute atomic E-state index is 0.128. The molecule has 0 aromatic heterocycles. The van der Waals surface area contributed by atoms with Crippen LogP contribution in [0.25, 0.3) is 0 Å². The second kappa shape index (κ2) is 7.14. The molecule has 0 aromatic carbocycles. The van der Waals surface area contributed by atoms with E-state index in [1.807, 2.05) is 6.07 Å². The first kappa shape index (κ1) is 18.5. The second-order valence-electron chi connectivity index (χ2n) is 5.97. The van der Waals surface area contributed by atoms with Gasteiger partial charge in [0.25, 0.3) is 5.91 Å². The van der Waals surface area contributed by atoms with Crippen molar-refractivity contribution in [3.05, 3.63) is 18.2 Å². The summed E-state index contributed by atoms with van der Waals surface area (Å²) in [6, 6.07) is 1.81. The average molecular weight is 316 g/mol. The maximum Gasteiger partial charge on any atom is 0.401 e. The van der Waals surface area contributed by atoms with Crippen molar-refractivity contribution in [1.82, 2.24) is 9.80 Å². The molecule has 0 atom stereocenters. The molecule has 22 heavy (non-hydrogen) atoms. The number of carbonyl (C=O) groups excluding carboxylic acids is 1. The fourth-order valence-electron chi connectivity index (χ4n) is 2.18. The molecule has 0 aliphatic carbocycles. The van der Waals surface area contributed by atoms with Gasteiger partial charge in [-0.05, 0) is 46.2 Å². The van der Waals surface area contributed by atoms with Gasteiger partial charge >= 0.3 is 6.18 Å². The predicted octanol–water partition coefficient (Wildman–Crippen LogP) is 2.88. The van der Waals surface area contributed by atoms with Crippen LogP contribution in [0.15, 0.2) is 11.6 Å². The van der Waals surface area contributed by atoms with Crippen molar-refractivity contribution in [3.8, 4) is 6.07 Å². The van der Waals surface area contributed by atoms with E-state index in [0.29, 0.717) is 6.54 Å². The number of amides is 1. The van der Waals surface area contributed by atoms with Crippen LogP contribution in [-0.4, -0.2) is 47.6 Å². The van der Waals surface area contributed by atoms with Gasteiger partial charge in [-0.15, -0.1) is 0 Å². The van der Waals surface area contributed by atoms with Crippen LogP contribution in [0.2, 0.25) is 0 Å². The highest BCUT2D eigenvalue weighted by Gasteiger charge is 2.35. The van der Waals surface area contributed by atoms with Crippen molar-refractivity contribution in [2.45, 2.75) is 44.8 Å². The van der Waals surface area contributed by atoms with Gasteiger partial charge in [0.05, 0.1) is 13.1 Å². The van der Waals surface area contributed by atoms with E-state index in [4.69, 9.17) is 0 Å². The first-order valence-electron chi connectivity index (χ1n) is 7.12. The number of nitrogens with zero attached hydrogens (tertiary/aromatic N) is 3. The van der Waals surface area contributed by atoms with Crippen LogP contribution in [0.5, 0.6) is 0 Å². The summed E-state index contributed by atoms with van der Waals surface area (Å²) in [5.74, 6) is -0.448. The Labute approximate surface area is 129 Å². The number of likely N-dealkylation sites (tertiary alicyclic amines) is 1. The summed E-state index contributed by atoms with van der Waals surface area (Å²) in [6.45, 7) is 4.26. The zero-order valence-electron chi connectivity index (χ0n) is 13.1. The summed E-state index contributed by atoms with van der Waals surface area (Å²) in [4.78, 5) is 14.8. The lowest BCUT2D eigenvalue weighted by Gasteiger charge is -2.34. The molecule has 1 heterocycles. The summed E-state index contributed by atoms with van der Waals surface area (Å²) in [6.07, 6.45) is -0.407. The molecular formula is C15H21F3N3O. The number of piperidine rings is 1. The molecule has 0 N–H and O–H groups in total. The lowest BCUT2D eigenvalue weighted by molar-refractivity contribution is -0.150. The van der Waals surface area contributed by atoms with Crippen LogP contribution in [-0.2, 0) is 4.79 Å². The number of hydrogen-bond donors (Lipinski definition) is 0. The number of hydrogen-bond acceptors (Lipinski definition) is 3. The molecule has 0 aromatic rings. The van der Waals surface area contributed by atoms with Gasteiger partial charge in [-0.25, -0.2) is 0 Å². The minimum Gasteiger partial charge on any atom is -0.333 e. The Morgan fingerprint density at radius 1 is 1.41 bits per heavy atom. The molecule has 1 aliphatic rings. The lowest BCUT2D eigenvalue weighted by atomic mass is 9.98. The number of carbonyl (C=O) groups is 1. The molecule has 1 saturated heterocycles. The molecule has 1 rings (SSSR count). The van der Waals surface area contributed by atoms with E-state index in [2.05, 4.69) is 0 Å². The van der Waals surface area contributed by atoms with E-state index in [1.165, 1.54) is 18.0 Å². The first-order chi connectivity index (χ1) is 10.1. The highest BCUT2D eigenvalue weighted by atomic mass is 19.4. The fourth-order valence-corrected chi connectivity index (χ4v) is 2.18. The van der Waals surface area contributed by atoms with Gasteiger partial charge in [0, 0.05) is 12.1 Å². The molecule has 123 valence electrons. The van der Waals surface area contributed by atoms with E-state index in [0.717, 1.165) is 24.2 Å². The third kappa shape index (κ3) is 5.34. The Bertz CT molecular complexity index is 471. The molecule has 0 unspecified atom stereocenters. The van der Waals surface area contributed by atoms with Crippen molar-refractivity contribution in [2.75, 3.05) is 20.1 Å². The Morgan fingerprint density at radius 2 is 2.05 bits per heavy atom. The first-order valence-corrected chi connectivity index (χ1v) is 7.12. The highest BCUT2D eigenvalue weighted by Crippen LogP contribution is 2.24. The van der Waals surface area contributed by atoms with Gasteiger partial charge in [0.1, 0.15) is 11.6 Å². The van der Waals surface area contributed by atoms with Crippen LogP contribution >= 0.6 is 0 Å². The highest BCUT2D eigenvalue weighted by molar-refractivity contribution is 5.97. The van der Waals surface area contributed by atoms with Gasteiger partial charge in [-0.2, -0.15) is 18.4 Å². The topological polar surface area (TPSA) is 47.3 Å². The largest absolute Gasteiger partial charge is 0.401 e. The zero-order valence-corrected chi connectivity index (χ0v) is 13.1. The van der Waals surface area contributed by atoms with Gasteiger partial charge < -0.3 is 4.90 Å². The lowest BCUT2D eigenvalue weighted by Crippen LogP contribution is -2.45. The molecule has 1 radical (unpaired) electrons. The van der Waals surface area contributed by atoms with Crippen LogP contribution in [0.4, 0.5) is 13.2 Å². The number of halogens is 3. The molecule has 0 bridgehead atoms. The number of likely N-dealkylation sites (N-methyl/N-ethyl adjacent to an activating group) is 1. The quantitative estimate of drug-likeness (QED) is 0.592. The summed E-state index contributed by atoms with van der Waals surface area (Å²) in [5, 5.41) is 9.18. The third-order valence-electron chi connectivity index (χ3n) is 3.71. The minimum atomic E-state index is -4.34. The van der Waals surface area contributed by atoms with Crippen LogP contribution in [0, 0.1) is 17.9 Å². The third-order valence-corrected chi connectivity index (χ3v) is 3.71. The molecule has 4 nitrogen and oxygen atoms in total. The summed E-state index contributed by atoms with van der Waals surface area (Å²) >= 11 is 0. The SMILES string of the molecule is CN(CC(F)(F)F)C(C)(C)C=C(C#N)C(=O)N1[CH]CCCC1. The van der Waals surface area contributed by atoms with Gasteiger partial charge in [-0.1, -0.05) is 0 Å². The van der Waals surface area contributed by atoms with E-state index in [9.17, 15) is 23.2 Å². The summed E-state index contributed by atoms with van der Waals surface area (Å²) in [5.41, 5.74) is -1.19. The second-order valence-corrected chi connectivity index (χ2v) is 5.97.